The molecule has 0 aliphatic heterocycles. The molecule has 2 aromatic carbocycles. The molecule has 3 atom stereocenters. The number of nitrogens with one attached hydrogen (secondary N) is 2. The third-order valence-corrected chi connectivity index (χ3v) is 6.35. The average Bonchev–Trinajstić information content (AvgIpc) is 2.84. The topological polar surface area (TPSA) is 108 Å². The van der Waals surface area contributed by atoms with Crippen molar-refractivity contribution in [1.82, 2.24) is 15.5 Å². The summed E-state index contributed by atoms with van der Waals surface area (Å²) >= 11 is 0. The van der Waals surface area contributed by atoms with Crippen LogP contribution in [0.5, 0.6) is 5.75 Å². The van der Waals surface area contributed by atoms with Crippen molar-refractivity contribution in [2.75, 3.05) is 0 Å². The first-order valence-corrected chi connectivity index (χ1v) is 14.1. The van der Waals surface area contributed by atoms with Gasteiger partial charge in [0.15, 0.2) is 0 Å². The maximum Gasteiger partial charge on any atom is 0.408 e. The summed E-state index contributed by atoms with van der Waals surface area (Å²) in [7, 11) is 0. The highest BCUT2D eigenvalue weighted by atomic mass is 16.6. The van der Waals surface area contributed by atoms with Gasteiger partial charge >= 0.3 is 6.09 Å². The van der Waals surface area contributed by atoms with E-state index in [1.165, 1.54) is 11.0 Å². The maximum atomic E-state index is 14.5. The lowest BCUT2D eigenvalue weighted by Gasteiger charge is -2.39. The molecule has 2 aromatic rings. The number of hydrogen-bond acceptors (Lipinski definition) is 5. The number of ether oxygens (including phenoxy) is 1. The van der Waals surface area contributed by atoms with Gasteiger partial charge < -0.3 is 25.4 Å². The first kappa shape index (κ1) is 32.7. The number of alkyl carbamates (subject to hydrolysis) is 1. The summed E-state index contributed by atoms with van der Waals surface area (Å²) < 4.78 is 5.50. The van der Waals surface area contributed by atoms with Crippen LogP contribution >= 0.6 is 0 Å². The Morgan fingerprint density at radius 1 is 0.875 bits per heavy atom. The number of rotatable bonds is 12. The van der Waals surface area contributed by atoms with Crippen LogP contribution < -0.4 is 10.6 Å². The van der Waals surface area contributed by atoms with Crippen LogP contribution in [0.15, 0.2) is 54.6 Å². The van der Waals surface area contributed by atoms with E-state index in [2.05, 4.69) is 24.5 Å². The van der Waals surface area contributed by atoms with Crippen molar-refractivity contribution in [3.8, 4) is 5.75 Å². The molecular formula is C32H47N3O5. The van der Waals surface area contributed by atoms with E-state index in [0.29, 0.717) is 17.9 Å². The third-order valence-electron chi connectivity index (χ3n) is 6.35. The summed E-state index contributed by atoms with van der Waals surface area (Å²) in [5.74, 6) is -0.539. The number of hydrogen-bond donors (Lipinski definition) is 3. The minimum atomic E-state index is -1.11. The molecule has 0 aromatic heterocycles. The molecule has 0 radical (unpaired) electrons. The number of amides is 3. The van der Waals surface area contributed by atoms with Gasteiger partial charge in [0.1, 0.15) is 23.4 Å². The van der Waals surface area contributed by atoms with Gasteiger partial charge in [0.25, 0.3) is 0 Å². The summed E-state index contributed by atoms with van der Waals surface area (Å²) in [4.78, 5) is 42.8. The van der Waals surface area contributed by atoms with E-state index >= 15 is 0 Å². The highest BCUT2D eigenvalue weighted by Crippen LogP contribution is 2.33. The zero-order valence-corrected chi connectivity index (χ0v) is 25.2. The number of phenolic OH excluding ortho intramolecular Hbond substituents is 1. The second-order valence-corrected chi connectivity index (χ2v) is 12.1. The van der Waals surface area contributed by atoms with Crippen LogP contribution in [0.25, 0.3) is 0 Å². The van der Waals surface area contributed by atoms with E-state index < -0.39 is 35.6 Å². The smallest absolute Gasteiger partial charge is 0.408 e. The SMILES string of the molecule is CC(C)CCC(C)N(C(=O)C(Cc1ccccc1)NC(=O)OC(C)(C)C)C(C(=O)NC(C)C)c1ccccc1O. The van der Waals surface area contributed by atoms with E-state index in [4.69, 9.17) is 4.74 Å². The minimum Gasteiger partial charge on any atom is -0.508 e. The van der Waals surface area contributed by atoms with Crippen LogP contribution in [0.1, 0.15) is 85.4 Å². The molecule has 0 saturated heterocycles. The molecule has 3 amide bonds. The summed E-state index contributed by atoms with van der Waals surface area (Å²) in [5.41, 5.74) is 0.406. The lowest BCUT2D eigenvalue weighted by molar-refractivity contribution is -0.145. The average molecular weight is 554 g/mol. The lowest BCUT2D eigenvalue weighted by atomic mass is 9.95. The number of aromatic hydroxyl groups is 1. The van der Waals surface area contributed by atoms with Crippen LogP contribution in [0.2, 0.25) is 0 Å². The molecule has 0 heterocycles. The number of carbonyl (C=O) groups is 3. The molecule has 0 saturated carbocycles. The third kappa shape index (κ3) is 10.2. The van der Waals surface area contributed by atoms with Crippen molar-refractivity contribution in [3.05, 3.63) is 65.7 Å². The Balaban J connectivity index is 2.64. The first-order valence-electron chi connectivity index (χ1n) is 14.1. The van der Waals surface area contributed by atoms with Crippen molar-refractivity contribution in [2.45, 2.75) is 104 Å². The normalized spacial score (nSPS) is 13.8. The Labute approximate surface area is 239 Å². The Bertz CT molecular complexity index is 1110. The second-order valence-electron chi connectivity index (χ2n) is 12.1. The monoisotopic (exact) mass is 553 g/mol. The molecule has 2 rings (SSSR count). The fraction of sp³-hybridized carbons (Fsp3) is 0.531. The number of nitrogens with zero attached hydrogens (tertiary/aromatic N) is 1. The van der Waals surface area contributed by atoms with Crippen molar-refractivity contribution in [3.63, 3.8) is 0 Å². The summed E-state index contributed by atoms with van der Waals surface area (Å²) in [6.45, 7) is 15.1. The number of benzene rings is 2. The molecule has 0 fully saturated rings. The number of phenols is 1. The molecule has 8 nitrogen and oxygen atoms in total. The van der Waals surface area contributed by atoms with E-state index in [0.717, 1.165) is 12.0 Å². The van der Waals surface area contributed by atoms with E-state index in [1.807, 2.05) is 51.1 Å². The quantitative estimate of drug-likeness (QED) is 0.310. The highest BCUT2D eigenvalue weighted by Gasteiger charge is 2.40. The van der Waals surface area contributed by atoms with E-state index in [9.17, 15) is 19.5 Å². The maximum absolute atomic E-state index is 14.5. The van der Waals surface area contributed by atoms with Crippen molar-refractivity contribution >= 4 is 17.9 Å². The Hall–Kier alpha value is -3.55. The summed E-state index contributed by atoms with van der Waals surface area (Å²) in [6.07, 6.45) is 0.938. The van der Waals surface area contributed by atoms with Crippen LogP contribution in [0, 0.1) is 5.92 Å². The van der Waals surface area contributed by atoms with Crippen LogP contribution in [0.3, 0.4) is 0 Å². The summed E-state index contributed by atoms with van der Waals surface area (Å²) in [5, 5.41) is 16.5. The van der Waals surface area contributed by atoms with Crippen LogP contribution in [-0.2, 0) is 20.7 Å². The highest BCUT2D eigenvalue weighted by molar-refractivity contribution is 5.93. The zero-order chi connectivity index (χ0) is 30.0. The summed E-state index contributed by atoms with van der Waals surface area (Å²) in [6, 6.07) is 13.3. The lowest BCUT2D eigenvalue weighted by Crippen LogP contribution is -2.56. The molecule has 40 heavy (non-hydrogen) atoms. The van der Waals surface area contributed by atoms with E-state index in [-0.39, 0.29) is 24.3 Å². The number of carbonyl (C=O) groups excluding carboxylic acids is 3. The molecule has 8 heteroatoms. The Kier molecular flexibility index (Phi) is 12.0. The van der Waals surface area contributed by atoms with Gasteiger partial charge in [-0.3, -0.25) is 9.59 Å². The van der Waals surface area contributed by atoms with Gasteiger partial charge in [-0.1, -0.05) is 62.4 Å². The van der Waals surface area contributed by atoms with Crippen LogP contribution in [0.4, 0.5) is 4.79 Å². The Morgan fingerprint density at radius 2 is 1.48 bits per heavy atom. The van der Waals surface area contributed by atoms with Gasteiger partial charge in [0, 0.05) is 24.1 Å². The molecule has 0 spiro atoms. The van der Waals surface area contributed by atoms with Gasteiger partial charge in [-0.25, -0.2) is 4.79 Å². The van der Waals surface area contributed by atoms with E-state index in [1.54, 1.807) is 39.0 Å². The second kappa shape index (κ2) is 14.7. The van der Waals surface area contributed by atoms with Gasteiger partial charge in [-0.15, -0.1) is 0 Å². The first-order chi connectivity index (χ1) is 18.7. The predicted octanol–water partition coefficient (Wildman–Crippen LogP) is 5.75. The van der Waals surface area contributed by atoms with Gasteiger partial charge in [0.2, 0.25) is 11.8 Å². The molecule has 220 valence electrons. The van der Waals surface area contributed by atoms with Gasteiger partial charge in [0.05, 0.1) is 0 Å². The molecule has 0 aliphatic rings. The van der Waals surface area contributed by atoms with Crippen LogP contribution in [-0.4, -0.2) is 51.6 Å². The molecule has 3 unspecified atom stereocenters. The number of para-hydroxylation sites is 1. The van der Waals surface area contributed by atoms with Gasteiger partial charge in [-0.2, -0.15) is 0 Å². The standard InChI is InChI=1S/C32H47N3O5/c1-21(2)18-19-23(5)35(28(29(37)33-22(3)4)25-16-12-13-17-27(25)36)30(38)26(20-24-14-10-9-11-15-24)34-31(39)40-32(6,7)8/h9-17,21-23,26,28,36H,18-20H2,1-8H3,(H,33,37)(H,34,39). The minimum absolute atomic E-state index is 0.0834. The van der Waals surface area contributed by atoms with Gasteiger partial charge in [-0.05, 0) is 71.9 Å². The van der Waals surface area contributed by atoms with Crippen molar-refractivity contribution in [2.24, 2.45) is 5.92 Å². The fourth-order valence-electron chi connectivity index (χ4n) is 4.49. The molecule has 0 aliphatic carbocycles. The predicted molar refractivity (Wildman–Crippen MR) is 158 cm³/mol. The molecule has 0 bridgehead atoms. The zero-order valence-electron chi connectivity index (χ0n) is 25.2. The van der Waals surface area contributed by atoms with Crippen molar-refractivity contribution < 1.29 is 24.2 Å². The fourth-order valence-corrected chi connectivity index (χ4v) is 4.49. The van der Waals surface area contributed by atoms with Crippen molar-refractivity contribution in [1.29, 1.82) is 0 Å². The molecule has 3 N–H and O–H groups in total. The Morgan fingerprint density at radius 3 is 2.02 bits per heavy atom. The largest absolute Gasteiger partial charge is 0.508 e. The molecular weight excluding hydrogens is 506 g/mol.